The summed E-state index contributed by atoms with van der Waals surface area (Å²) in [5.41, 5.74) is 6.67. The van der Waals surface area contributed by atoms with Crippen LogP contribution in [0.15, 0.2) is 6.33 Å². The summed E-state index contributed by atoms with van der Waals surface area (Å²) in [5.74, 6) is 1.89. The predicted molar refractivity (Wildman–Crippen MR) is 79.0 cm³/mol. The minimum absolute atomic E-state index is 0.0486. The monoisotopic (exact) mass is 280 g/mol. The van der Waals surface area contributed by atoms with E-state index in [4.69, 9.17) is 15.2 Å². The molecule has 1 aliphatic heterocycles. The van der Waals surface area contributed by atoms with Crippen molar-refractivity contribution in [2.75, 3.05) is 37.4 Å². The van der Waals surface area contributed by atoms with Crippen molar-refractivity contribution in [2.45, 2.75) is 32.8 Å². The Morgan fingerprint density at radius 3 is 2.65 bits per heavy atom. The molecule has 0 saturated carbocycles. The average Bonchev–Trinajstić information content (AvgIpc) is 2.42. The first-order valence-electron chi connectivity index (χ1n) is 7.12. The van der Waals surface area contributed by atoms with Crippen molar-refractivity contribution in [2.24, 2.45) is 5.92 Å². The van der Waals surface area contributed by atoms with Gasteiger partial charge < -0.3 is 20.1 Å². The summed E-state index contributed by atoms with van der Waals surface area (Å²) in [6.45, 7) is 6.62. The summed E-state index contributed by atoms with van der Waals surface area (Å²) in [7, 11) is 1.75. The third-order valence-corrected chi connectivity index (χ3v) is 3.49. The first-order valence-corrected chi connectivity index (χ1v) is 7.12. The number of piperidine rings is 1. The second kappa shape index (κ2) is 6.74. The lowest BCUT2D eigenvalue weighted by molar-refractivity contribution is 0.139. The van der Waals surface area contributed by atoms with Gasteiger partial charge in [-0.15, -0.1) is 0 Å². The van der Waals surface area contributed by atoms with Gasteiger partial charge in [0.15, 0.2) is 5.82 Å². The number of ether oxygens (including phenoxy) is 2. The zero-order chi connectivity index (χ0) is 14.5. The van der Waals surface area contributed by atoms with Crippen LogP contribution in [0, 0.1) is 5.92 Å². The number of nitrogens with zero attached hydrogens (tertiary/aromatic N) is 3. The van der Waals surface area contributed by atoms with Gasteiger partial charge in [-0.2, -0.15) is 4.98 Å². The van der Waals surface area contributed by atoms with Gasteiger partial charge in [0, 0.05) is 26.8 Å². The summed E-state index contributed by atoms with van der Waals surface area (Å²) in [5, 5.41) is 0. The first kappa shape index (κ1) is 14.8. The van der Waals surface area contributed by atoms with Crippen LogP contribution in [0.4, 0.5) is 11.5 Å². The molecule has 1 fully saturated rings. The minimum Gasteiger partial charge on any atom is -0.473 e. The number of anilines is 2. The van der Waals surface area contributed by atoms with E-state index in [1.807, 2.05) is 13.8 Å². The Hall–Kier alpha value is -1.56. The molecule has 0 aromatic carbocycles. The highest BCUT2D eigenvalue weighted by atomic mass is 16.5. The first-order chi connectivity index (χ1) is 9.61. The Morgan fingerprint density at radius 2 is 2.05 bits per heavy atom. The highest BCUT2D eigenvalue weighted by molar-refractivity contribution is 5.67. The van der Waals surface area contributed by atoms with Gasteiger partial charge in [0.1, 0.15) is 12.0 Å². The molecular weight excluding hydrogens is 256 g/mol. The van der Waals surface area contributed by atoms with Gasteiger partial charge in [0.25, 0.3) is 0 Å². The predicted octanol–water partition coefficient (Wildman–Crippen LogP) is 1.71. The molecule has 2 rings (SSSR count). The molecule has 112 valence electrons. The van der Waals surface area contributed by atoms with Crippen molar-refractivity contribution in [3.05, 3.63) is 6.33 Å². The normalized spacial score (nSPS) is 16.7. The lowest BCUT2D eigenvalue weighted by Gasteiger charge is -2.33. The Bertz CT molecular complexity index is 431. The number of aromatic nitrogens is 2. The van der Waals surface area contributed by atoms with Crippen LogP contribution in [0.5, 0.6) is 5.88 Å². The molecule has 0 atom stereocenters. The molecule has 0 aliphatic carbocycles. The quantitative estimate of drug-likeness (QED) is 0.885. The average molecular weight is 280 g/mol. The maximum atomic E-state index is 6.14. The summed E-state index contributed by atoms with van der Waals surface area (Å²) >= 11 is 0. The molecule has 0 radical (unpaired) electrons. The SMILES string of the molecule is COCC1CCN(c2ncnc(OC(C)C)c2N)CC1. The highest BCUT2D eigenvalue weighted by Gasteiger charge is 2.23. The third-order valence-electron chi connectivity index (χ3n) is 3.49. The number of nitrogens with two attached hydrogens (primary N) is 1. The molecule has 2 heterocycles. The zero-order valence-electron chi connectivity index (χ0n) is 12.5. The zero-order valence-corrected chi connectivity index (χ0v) is 12.5. The van der Waals surface area contributed by atoms with Crippen molar-refractivity contribution in [3.63, 3.8) is 0 Å². The smallest absolute Gasteiger partial charge is 0.242 e. The molecule has 0 spiro atoms. The van der Waals surface area contributed by atoms with Crippen molar-refractivity contribution >= 4 is 11.5 Å². The summed E-state index contributed by atoms with van der Waals surface area (Å²) in [4.78, 5) is 10.6. The van der Waals surface area contributed by atoms with Gasteiger partial charge in [-0.25, -0.2) is 4.98 Å². The van der Waals surface area contributed by atoms with Crippen LogP contribution < -0.4 is 15.4 Å². The third kappa shape index (κ3) is 3.50. The fourth-order valence-electron chi connectivity index (χ4n) is 2.49. The van der Waals surface area contributed by atoms with Crippen molar-refractivity contribution in [1.29, 1.82) is 0 Å². The van der Waals surface area contributed by atoms with E-state index in [1.54, 1.807) is 7.11 Å². The Labute approximate surface area is 120 Å². The van der Waals surface area contributed by atoms with E-state index in [1.165, 1.54) is 6.33 Å². The number of rotatable bonds is 5. The van der Waals surface area contributed by atoms with Crippen LogP contribution in [0.1, 0.15) is 26.7 Å². The van der Waals surface area contributed by atoms with Gasteiger partial charge in [-0.1, -0.05) is 0 Å². The number of methoxy groups -OCH3 is 1. The second-order valence-corrected chi connectivity index (χ2v) is 5.47. The molecule has 1 aliphatic rings. The molecule has 1 saturated heterocycles. The van der Waals surface area contributed by atoms with E-state index in [-0.39, 0.29) is 6.10 Å². The van der Waals surface area contributed by atoms with Crippen LogP contribution >= 0.6 is 0 Å². The van der Waals surface area contributed by atoms with E-state index in [9.17, 15) is 0 Å². The molecule has 0 unspecified atom stereocenters. The summed E-state index contributed by atoms with van der Waals surface area (Å²) in [6.07, 6.45) is 3.76. The minimum atomic E-state index is 0.0486. The van der Waals surface area contributed by atoms with Crippen LogP contribution in [-0.4, -0.2) is 42.9 Å². The van der Waals surface area contributed by atoms with E-state index in [2.05, 4.69) is 14.9 Å². The maximum absolute atomic E-state index is 6.14. The molecule has 6 heteroatoms. The Morgan fingerprint density at radius 1 is 1.35 bits per heavy atom. The van der Waals surface area contributed by atoms with E-state index in [0.717, 1.165) is 38.4 Å². The van der Waals surface area contributed by atoms with Gasteiger partial charge in [-0.3, -0.25) is 0 Å². The molecule has 0 amide bonds. The van der Waals surface area contributed by atoms with Crippen molar-refractivity contribution < 1.29 is 9.47 Å². The largest absolute Gasteiger partial charge is 0.473 e. The van der Waals surface area contributed by atoms with Crippen LogP contribution in [0.25, 0.3) is 0 Å². The highest BCUT2D eigenvalue weighted by Crippen LogP contribution is 2.31. The molecule has 0 bridgehead atoms. The van der Waals surface area contributed by atoms with Gasteiger partial charge in [-0.05, 0) is 32.6 Å². The number of hydrogen-bond donors (Lipinski definition) is 1. The lowest BCUT2D eigenvalue weighted by Crippen LogP contribution is -2.36. The topological polar surface area (TPSA) is 73.5 Å². The van der Waals surface area contributed by atoms with Gasteiger partial charge in [0.2, 0.25) is 5.88 Å². The van der Waals surface area contributed by atoms with Crippen molar-refractivity contribution in [3.8, 4) is 5.88 Å². The fourth-order valence-corrected chi connectivity index (χ4v) is 2.49. The van der Waals surface area contributed by atoms with E-state index >= 15 is 0 Å². The van der Waals surface area contributed by atoms with Gasteiger partial charge >= 0.3 is 0 Å². The summed E-state index contributed by atoms with van der Waals surface area (Å²) in [6, 6.07) is 0. The second-order valence-electron chi connectivity index (χ2n) is 5.47. The molecule has 6 nitrogen and oxygen atoms in total. The lowest BCUT2D eigenvalue weighted by atomic mass is 9.98. The molecule has 1 aromatic heterocycles. The summed E-state index contributed by atoms with van der Waals surface area (Å²) < 4.78 is 10.8. The standard InChI is InChI=1S/C14H24N4O2/c1-10(2)20-14-12(15)13(16-9-17-14)18-6-4-11(5-7-18)8-19-3/h9-11H,4-8,15H2,1-3H3. The molecular formula is C14H24N4O2. The van der Waals surface area contributed by atoms with Gasteiger partial charge in [0.05, 0.1) is 6.10 Å². The number of nitrogen functional groups attached to an aromatic ring is 1. The Balaban J connectivity index is 2.06. The number of hydrogen-bond acceptors (Lipinski definition) is 6. The van der Waals surface area contributed by atoms with E-state index in [0.29, 0.717) is 17.5 Å². The van der Waals surface area contributed by atoms with Crippen LogP contribution in [0.2, 0.25) is 0 Å². The Kier molecular flexibility index (Phi) is 5.00. The van der Waals surface area contributed by atoms with Crippen LogP contribution in [-0.2, 0) is 4.74 Å². The molecule has 20 heavy (non-hydrogen) atoms. The van der Waals surface area contributed by atoms with Crippen LogP contribution in [0.3, 0.4) is 0 Å². The van der Waals surface area contributed by atoms with Crippen molar-refractivity contribution in [1.82, 2.24) is 9.97 Å². The molecule has 2 N–H and O–H groups in total. The van der Waals surface area contributed by atoms with E-state index < -0.39 is 0 Å². The maximum Gasteiger partial charge on any atom is 0.242 e. The molecule has 1 aromatic rings. The fraction of sp³-hybridized carbons (Fsp3) is 0.714.